The summed E-state index contributed by atoms with van der Waals surface area (Å²) in [6, 6.07) is 18.7. The smallest absolute Gasteiger partial charge is 0.264 e. The van der Waals surface area contributed by atoms with Crippen molar-refractivity contribution >= 4 is 50.7 Å². The van der Waals surface area contributed by atoms with Crippen molar-refractivity contribution in [2.45, 2.75) is 31.3 Å². The Labute approximate surface area is 221 Å². The topological polar surface area (TPSA) is 86.8 Å². The van der Waals surface area contributed by atoms with Gasteiger partial charge in [-0.15, -0.1) is 0 Å². The molecule has 0 saturated carbocycles. The second-order valence-electron chi connectivity index (χ2n) is 8.15. The van der Waals surface area contributed by atoms with Crippen molar-refractivity contribution in [3.05, 3.63) is 94.0 Å². The SMILES string of the molecule is CNC(=O)C(C)N(Cc1ccc(Cl)cc1)C(=O)CN(c1cccc(Cl)c1C)S(=O)(=O)c1ccccc1. The van der Waals surface area contributed by atoms with Crippen molar-refractivity contribution in [2.24, 2.45) is 0 Å². The monoisotopic (exact) mass is 547 g/mol. The number of benzene rings is 3. The minimum absolute atomic E-state index is 0.0285. The molecule has 0 aliphatic carbocycles. The average molecular weight is 548 g/mol. The highest BCUT2D eigenvalue weighted by molar-refractivity contribution is 7.92. The molecule has 3 rings (SSSR count). The van der Waals surface area contributed by atoms with E-state index in [1.807, 2.05) is 0 Å². The van der Waals surface area contributed by atoms with E-state index in [1.165, 1.54) is 24.1 Å². The summed E-state index contributed by atoms with van der Waals surface area (Å²) in [4.78, 5) is 27.6. The molecule has 0 radical (unpaired) electrons. The standard InChI is InChI=1S/C26H27Cl2N3O4S/c1-18-23(28)10-7-11-24(18)31(36(34,35)22-8-5-4-6-9-22)17-25(32)30(19(2)26(33)29-3)16-20-12-14-21(27)15-13-20/h4-15,19H,16-17H2,1-3H3,(H,29,33). The van der Waals surface area contributed by atoms with Crippen LogP contribution in [0.2, 0.25) is 10.0 Å². The molecule has 3 aromatic rings. The third-order valence-electron chi connectivity index (χ3n) is 5.80. The van der Waals surface area contributed by atoms with Gasteiger partial charge < -0.3 is 10.2 Å². The lowest BCUT2D eigenvalue weighted by atomic mass is 10.1. The van der Waals surface area contributed by atoms with E-state index in [2.05, 4.69) is 5.32 Å². The van der Waals surface area contributed by atoms with E-state index in [0.717, 1.165) is 9.87 Å². The van der Waals surface area contributed by atoms with E-state index in [9.17, 15) is 18.0 Å². The molecule has 1 atom stereocenters. The van der Waals surface area contributed by atoms with E-state index in [1.54, 1.807) is 74.5 Å². The van der Waals surface area contributed by atoms with E-state index in [0.29, 0.717) is 15.6 Å². The van der Waals surface area contributed by atoms with Gasteiger partial charge in [0.05, 0.1) is 10.6 Å². The van der Waals surface area contributed by atoms with Crippen LogP contribution in [0.1, 0.15) is 18.1 Å². The lowest BCUT2D eigenvalue weighted by Gasteiger charge is -2.32. The number of hydrogen-bond donors (Lipinski definition) is 1. The fraction of sp³-hybridized carbons (Fsp3) is 0.231. The Morgan fingerprint density at radius 3 is 2.19 bits per heavy atom. The van der Waals surface area contributed by atoms with Gasteiger partial charge in [0.2, 0.25) is 11.8 Å². The van der Waals surface area contributed by atoms with Gasteiger partial charge in [-0.2, -0.15) is 0 Å². The van der Waals surface area contributed by atoms with Crippen LogP contribution in [0.3, 0.4) is 0 Å². The van der Waals surface area contributed by atoms with Gasteiger partial charge in [-0.3, -0.25) is 13.9 Å². The molecule has 0 saturated heterocycles. The Morgan fingerprint density at radius 1 is 0.944 bits per heavy atom. The fourth-order valence-corrected chi connectivity index (χ4v) is 5.47. The second-order valence-corrected chi connectivity index (χ2v) is 10.9. The molecule has 0 bridgehead atoms. The molecule has 3 aromatic carbocycles. The zero-order valence-electron chi connectivity index (χ0n) is 20.1. The maximum absolute atomic E-state index is 13.7. The van der Waals surface area contributed by atoms with Gasteiger partial charge in [-0.25, -0.2) is 8.42 Å². The Hall–Kier alpha value is -3.07. The summed E-state index contributed by atoms with van der Waals surface area (Å²) in [5, 5.41) is 3.45. The quantitative estimate of drug-likeness (QED) is 0.422. The predicted molar refractivity (Wildman–Crippen MR) is 143 cm³/mol. The summed E-state index contributed by atoms with van der Waals surface area (Å²) >= 11 is 12.3. The molecule has 0 heterocycles. The number of anilines is 1. The third kappa shape index (κ3) is 6.19. The van der Waals surface area contributed by atoms with Gasteiger partial charge in [0, 0.05) is 23.6 Å². The minimum Gasteiger partial charge on any atom is -0.357 e. The first-order valence-corrected chi connectivity index (χ1v) is 13.3. The molecule has 10 heteroatoms. The number of carbonyl (C=O) groups is 2. The average Bonchev–Trinajstić information content (AvgIpc) is 2.88. The number of nitrogens with zero attached hydrogens (tertiary/aromatic N) is 2. The lowest BCUT2D eigenvalue weighted by Crippen LogP contribution is -2.50. The maximum atomic E-state index is 13.7. The van der Waals surface area contributed by atoms with Gasteiger partial charge in [0.15, 0.2) is 0 Å². The molecule has 0 aromatic heterocycles. The molecule has 1 unspecified atom stereocenters. The summed E-state index contributed by atoms with van der Waals surface area (Å²) in [6.45, 7) is 2.83. The number of amides is 2. The lowest BCUT2D eigenvalue weighted by molar-refractivity contribution is -0.139. The summed E-state index contributed by atoms with van der Waals surface area (Å²) < 4.78 is 28.5. The minimum atomic E-state index is -4.14. The maximum Gasteiger partial charge on any atom is 0.264 e. The number of likely N-dealkylation sites (N-methyl/N-ethyl adjacent to an activating group) is 1. The van der Waals surface area contributed by atoms with Crippen molar-refractivity contribution in [3.8, 4) is 0 Å². The van der Waals surface area contributed by atoms with Gasteiger partial charge >= 0.3 is 0 Å². The second kappa shape index (κ2) is 11.8. The number of rotatable bonds is 9. The number of carbonyl (C=O) groups excluding carboxylic acids is 2. The normalized spacial score (nSPS) is 12.0. The molecule has 1 N–H and O–H groups in total. The van der Waals surface area contributed by atoms with Crippen LogP contribution in [-0.2, 0) is 26.2 Å². The molecule has 2 amide bonds. The molecule has 0 spiro atoms. The summed E-state index contributed by atoms with van der Waals surface area (Å²) in [5.74, 6) is -0.936. The van der Waals surface area contributed by atoms with Crippen LogP contribution < -0.4 is 9.62 Å². The van der Waals surface area contributed by atoms with Gasteiger partial charge in [0.25, 0.3) is 10.0 Å². The van der Waals surface area contributed by atoms with Crippen LogP contribution in [-0.4, -0.2) is 44.8 Å². The summed E-state index contributed by atoms with van der Waals surface area (Å²) in [7, 11) is -2.67. The third-order valence-corrected chi connectivity index (χ3v) is 8.23. The van der Waals surface area contributed by atoms with E-state index < -0.39 is 28.5 Å². The predicted octanol–water partition coefficient (Wildman–Crippen LogP) is 4.66. The van der Waals surface area contributed by atoms with Crippen LogP contribution in [0.4, 0.5) is 5.69 Å². The van der Waals surface area contributed by atoms with Crippen molar-refractivity contribution in [2.75, 3.05) is 17.9 Å². The number of halogens is 2. The molecule has 0 fully saturated rings. The molecule has 36 heavy (non-hydrogen) atoms. The number of hydrogen-bond acceptors (Lipinski definition) is 4. The summed E-state index contributed by atoms with van der Waals surface area (Å²) in [6.07, 6.45) is 0. The highest BCUT2D eigenvalue weighted by Gasteiger charge is 2.33. The van der Waals surface area contributed by atoms with Crippen LogP contribution in [0.25, 0.3) is 0 Å². The Bertz CT molecular complexity index is 1330. The van der Waals surface area contributed by atoms with Crippen molar-refractivity contribution in [1.82, 2.24) is 10.2 Å². The zero-order valence-corrected chi connectivity index (χ0v) is 22.4. The molecular formula is C26H27Cl2N3O4S. The van der Waals surface area contributed by atoms with Gasteiger partial charge in [0.1, 0.15) is 12.6 Å². The van der Waals surface area contributed by atoms with Crippen LogP contribution in [0, 0.1) is 6.92 Å². The van der Waals surface area contributed by atoms with Crippen molar-refractivity contribution < 1.29 is 18.0 Å². The van der Waals surface area contributed by atoms with Gasteiger partial charge in [-0.1, -0.05) is 59.6 Å². The molecular weight excluding hydrogens is 521 g/mol. The van der Waals surface area contributed by atoms with Crippen molar-refractivity contribution in [3.63, 3.8) is 0 Å². The molecule has 190 valence electrons. The fourth-order valence-electron chi connectivity index (χ4n) is 3.68. The van der Waals surface area contributed by atoms with E-state index in [4.69, 9.17) is 23.2 Å². The first-order chi connectivity index (χ1) is 17.1. The van der Waals surface area contributed by atoms with E-state index in [-0.39, 0.29) is 23.0 Å². The molecule has 0 aliphatic heterocycles. The highest BCUT2D eigenvalue weighted by Crippen LogP contribution is 2.31. The molecule has 0 aliphatic rings. The largest absolute Gasteiger partial charge is 0.357 e. The molecule has 7 nitrogen and oxygen atoms in total. The Balaban J connectivity index is 2.06. The number of sulfonamides is 1. The Kier molecular flexibility index (Phi) is 9.00. The Morgan fingerprint density at radius 2 is 1.58 bits per heavy atom. The van der Waals surface area contributed by atoms with Crippen LogP contribution in [0.5, 0.6) is 0 Å². The first-order valence-electron chi connectivity index (χ1n) is 11.1. The van der Waals surface area contributed by atoms with E-state index >= 15 is 0 Å². The zero-order chi connectivity index (χ0) is 26.5. The van der Waals surface area contributed by atoms with Crippen LogP contribution in [0.15, 0.2) is 77.7 Å². The highest BCUT2D eigenvalue weighted by atomic mass is 35.5. The summed E-state index contributed by atoms with van der Waals surface area (Å²) in [5.41, 5.74) is 1.52. The van der Waals surface area contributed by atoms with Crippen LogP contribution >= 0.6 is 23.2 Å². The first kappa shape index (κ1) is 27.5. The van der Waals surface area contributed by atoms with Gasteiger partial charge in [-0.05, 0) is 61.4 Å². The number of nitrogens with one attached hydrogen (secondary N) is 1. The van der Waals surface area contributed by atoms with Crippen molar-refractivity contribution in [1.29, 1.82) is 0 Å².